The highest BCUT2D eigenvalue weighted by Crippen LogP contribution is 2.24. The van der Waals surface area contributed by atoms with Crippen molar-refractivity contribution in [2.24, 2.45) is 0 Å². The molecule has 4 nitrogen and oxygen atoms in total. The summed E-state index contributed by atoms with van der Waals surface area (Å²) in [6.45, 7) is 2.92. The van der Waals surface area contributed by atoms with E-state index in [9.17, 15) is 4.79 Å². The molecule has 4 heteroatoms. The van der Waals surface area contributed by atoms with Crippen LogP contribution in [0.25, 0.3) is 0 Å². The average molecular weight is 262 g/mol. The second kappa shape index (κ2) is 6.57. The Morgan fingerprint density at radius 1 is 1.42 bits per heavy atom. The van der Waals surface area contributed by atoms with Crippen LogP contribution < -0.4 is 15.4 Å². The van der Waals surface area contributed by atoms with Crippen LogP contribution in [0.3, 0.4) is 0 Å². The zero-order chi connectivity index (χ0) is 13.7. The number of nitrogens with one attached hydrogen (secondary N) is 2. The van der Waals surface area contributed by atoms with Crippen LogP contribution in [0.4, 0.5) is 0 Å². The van der Waals surface area contributed by atoms with Gasteiger partial charge in [0.2, 0.25) is 5.91 Å². The number of ether oxygens (including phenoxy) is 1. The molecule has 0 unspecified atom stereocenters. The lowest BCUT2D eigenvalue weighted by molar-refractivity contribution is -0.124. The molecule has 2 N–H and O–H groups in total. The van der Waals surface area contributed by atoms with Crippen LogP contribution in [0.5, 0.6) is 5.75 Å². The van der Waals surface area contributed by atoms with Crippen LogP contribution in [0, 0.1) is 0 Å². The predicted octanol–water partition coefficient (Wildman–Crippen LogP) is 2.01. The van der Waals surface area contributed by atoms with Crippen LogP contribution >= 0.6 is 0 Å². The van der Waals surface area contributed by atoms with E-state index < -0.39 is 0 Å². The van der Waals surface area contributed by atoms with Crippen LogP contribution in [0.1, 0.15) is 37.8 Å². The Morgan fingerprint density at radius 3 is 2.89 bits per heavy atom. The number of piperidine rings is 1. The Balaban J connectivity index is 1.99. The van der Waals surface area contributed by atoms with Crippen molar-refractivity contribution >= 4 is 5.91 Å². The summed E-state index contributed by atoms with van der Waals surface area (Å²) in [4.78, 5) is 12.2. The van der Waals surface area contributed by atoms with Gasteiger partial charge >= 0.3 is 0 Å². The number of benzene rings is 1. The molecule has 104 valence electrons. The third-order valence-electron chi connectivity index (χ3n) is 3.59. The maximum Gasteiger partial charge on any atom is 0.237 e. The van der Waals surface area contributed by atoms with Crippen molar-refractivity contribution in [3.05, 3.63) is 29.8 Å². The zero-order valence-electron chi connectivity index (χ0n) is 11.6. The van der Waals surface area contributed by atoms with Gasteiger partial charge in [-0.1, -0.05) is 24.6 Å². The maximum absolute atomic E-state index is 12.2. The summed E-state index contributed by atoms with van der Waals surface area (Å²) in [5, 5.41) is 6.32. The molecule has 0 bridgehead atoms. The van der Waals surface area contributed by atoms with Crippen molar-refractivity contribution in [3.8, 4) is 5.75 Å². The van der Waals surface area contributed by atoms with Gasteiger partial charge in [0, 0.05) is 5.56 Å². The summed E-state index contributed by atoms with van der Waals surface area (Å²) in [5.41, 5.74) is 1.01. The molecule has 0 spiro atoms. The minimum Gasteiger partial charge on any atom is -0.496 e. The minimum atomic E-state index is -0.0501. The molecule has 1 aromatic carbocycles. The van der Waals surface area contributed by atoms with Crippen molar-refractivity contribution in [2.45, 2.75) is 38.3 Å². The van der Waals surface area contributed by atoms with Gasteiger partial charge in [-0.25, -0.2) is 0 Å². The lowest BCUT2D eigenvalue weighted by Crippen LogP contribution is -2.47. The topological polar surface area (TPSA) is 50.4 Å². The molecular weight excluding hydrogens is 240 g/mol. The molecule has 1 amide bonds. The molecule has 1 fully saturated rings. The highest BCUT2D eigenvalue weighted by Gasteiger charge is 2.22. The van der Waals surface area contributed by atoms with E-state index in [1.165, 1.54) is 0 Å². The van der Waals surface area contributed by atoms with E-state index in [-0.39, 0.29) is 18.0 Å². The van der Waals surface area contributed by atoms with E-state index in [4.69, 9.17) is 4.74 Å². The fourth-order valence-electron chi connectivity index (χ4n) is 2.49. The SMILES string of the molecule is COc1ccccc1[C@H](C)NC(=O)[C@H]1CCCCN1. The van der Waals surface area contributed by atoms with Gasteiger partial charge in [-0.15, -0.1) is 0 Å². The molecule has 0 aromatic heterocycles. The van der Waals surface area contributed by atoms with Gasteiger partial charge in [0.15, 0.2) is 0 Å². The molecule has 1 aromatic rings. The second-order valence-corrected chi connectivity index (χ2v) is 4.97. The van der Waals surface area contributed by atoms with Crippen LogP contribution in [-0.2, 0) is 4.79 Å². The third-order valence-corrected chi connectivity index (χ3v) is 3.59. The summed E-state index contributed by atoms with van der Waals surface area (Å²) < 4.78 is 5.33. The normalized spacial score (nSPS) is 20.6. The number of carbonyl (C=O) groups is 1. The molecule has 0 radical (unpaired) electrons. The smallest absolute Gasteiger partial charge is 0.237 e. The lowest BCUT2D eigenvalue weighted by Gasteiger charge is -2.25. The van der Waals surface area contributed by atoms with Gasteiger partial charge in [0.25, 0.3) is 0 Å². The molecule has 1 saturated heterocycles. The van der Waals surface area contributed by atoms with E-state index >= 15 is 0 Å². The van der Waals surface area contributed by atoms with Crippen molar-refractivity contribution < 1.29 is 9.53 Å². The molecule has 19 heavy (non-hydrogen) atoms. The van der Waals surface area contributed by atoms with E-state index in [0.717, 1.165) is 37.1 Å². The molecule has 1 aliphatic rings. The summed E-state index contributed by atoms with van der Waals surface area (Å²) in [6.07, 6.45) is 3.20. The van der Waals surface area contributed by atoms with Crippen LogP contribution in [0.2, 0.25) is 0 Å². The molecule has 1 aliphatic heterocycles. The first kappa shape index (κ1) is 13.9. The summed E-state index contributed by atoms with van der Waals surface area (Å²) in [5.74, 6) is 0.894. The maximum atomic E-state index is 12.2. The van der Waals surface area contributed by atoms with Crippen molar-refractivity contribution in [1.82, 2.24) is 10.6 Å². The average Bonchev–Trinajstić information content (AvgIpc) is 2.48. The Hall–Kier alpha value is -1.55. The van der Waals surface area contributed by atoms with E-state index in [1.54, 1.807) is 7.11 Å². The first-order valence-corrected chi connectivity index (χ1v) is 6.89. The number of amides is 1. The van der Waals surface area contributed by atoms with Gasteiger partial charge in [-0.05, 0) is 32.4 Å². The van der Waals surface area contributed by atoms with E-state index in [2.05, 4.69) is 10.6 Å². The highest BCUT2D eigenvalue weighted by atomic mass is 16.5. The number of rotatable bonds is 4. The summed E-state index contributed by atoms with van der Waals surface area (Å²) in [7, 11) is 1.65. The quantitative estimate of drug-likeness (QED) is 0.872. The summed E-state index contributed by atoms with van der Waals surface area (Å²) in [6, 6.07) is 7.69. The standard InChI is InChI=1S/C15H22N2O2/c1-11(12-7-3-4-9-14(12)19-2)17-15(18)13-8-5-6-10-16-13/h3-4,7,9,11,13,16H,5-6,8,10H2,1-2H3,(H,17,18)/t11-,13+/m0/s1. The van der Waals surface area contributed by atoms with E-state index in [0.29, 0.717) is 0 Å². The van der Waals surface area contributed by atoms with Gasteiger partial charge in [-0.3, -0.25) is 4.79 Å². The largest absolute Gasteiger partial charge is 0.496 e. The predicted molar refractivity (Wildman–Crippen MR) is 75.2 cm³/mol. The Labute approximate surface area is 114 Å². The number of carbonyl (C=O) groups excluding carboxylic acids is 1. The van der Waals surface area contributed by atoms with Crippen LogP contribution in [-0.4, -0.2) is 25.6 Å². The van der Waals surface area contributed by atoms with Crippen molar-refractivity contribution in [3.63, 3.8) is 0 Å². The molecule has 0 saturated carbocycles. The van der Waals surface area contributed by atoms with Gasteiger partial charge < -0.3 is 15.4 Å². The summed E-state index contributed by atoms with van der Waals surface area (Å²) >= 11 is 0. The van der Waals surface area contributed by atoms with Gasteiger partial charge in [0.05, 0.1) is 19.2 Å². The van der Waals surface area contributed by atoms with Crippen molar-refractivity contribution in [1.29, 1.82) is 0 Å². The second-order valence-electron chi connectivity index (χ2n) is 4.97. The molecule has 2 atom stereocenters. The fourth-order valence-corrected chi connectivity index (χ4v) is 2.49. The number of methoxy groups -OCH3 is 1. The van der Waals surface area contributed by atoms with Gasteiger partial charge in [-0.2, -0.15) is 0 Å². The molecule has 2 rings (SSSR count). The number of hydrogen-bond donors (Lipinski definition) is 2. The lowest BCUT2D eigenvalue weighted by atomic mass is 10.0. The Morgan fingerprint density at radius 2 is 2.21 bits per heavy atom. The van der Waals surface area contributed by atoms with Gasteiger partial charge in [0.1, 0.15) is 5.75 Å². The zero-order valence-corrected chi connectivity index (χ0v) is 11.6. The Bertz CT molecular complexity index is 428. The fraction of sp³-hybridized carbons (Fsp3) is 0.533. The highest BCUT2D eigenvalue weighted by molar-refractivity contribution is 5.82. The number of para-hydroxylation sites is 1. The van der Waals surface area contributed by atoms with Crippen molar-refractivity contribution in [2.75, 3.05) is 13.7 Å². The first-order valence-electron chi connectivity index (χ1n) is 6.89. The Kier molecular flexibility index (Phi) is 4.80. The molecule has 1 heterocycles. The monoisotopic (exact) mass is 262 g/mol. The van der Waals surface area contributed by atoms with Crippen LogP contribution in [0.15, 0.2) is 24.3 Å². The molecule has 0 aliphatic carbocycles. The first-order chi connectivity index (χ1) is 9.22. The molecular formula is C15H22N2O2. The minimum absolute atomic E-state index is 0.0487. The third kappa shape index (κ3) is 3.47. The number of hydrogen-bond acceptors (Lipinski definition) is 3. The van der Waals surface area contributed by atoms with E-state index in [1.807, 2.05) is 31.2 Å².